The van der Waals surface area contributed by atoms with Crippen molar-refractivity contribution >= 4 is 61.3 Å². The molecule has 1 amide bonds. The molecule has 0 saturated heterocycles. The average molecular weight is 484 g/mol. The normalized spacial score (nSPS) is 11.2. The quantitative estimate of drug-likeness (QED) is 0.281. The first-order valence-corrected chi connectivity index (χ1v) is 12.1. The highest BCUT2D eigenvalue weighted by Crippen LogP contribution is 2.29. The van der Waals surface area contributed by atoms with E-state index in [1.165, 1.54) is 23.9 Å². The van der Waals surface area contributed by atoms with Gasteiger partial charge in [0.2, 0.25) is 15.7 Å². The molecule has 30 heavy (non-hydrogen) atoms. The molecule has 0 saturated carbocycles. The summed E-state index contributed by atoms with van der Waals surface area (Å²) in [7, 11) is -3.89. The van der Waals surface area contributed by atoms with Gasteiger partial charge in [-0.05, 0) is 36.4 Å². The second kappa shape index (κ2) is 9.56. The van der Waals surface area contributed by atoms with Gasteiger partial charge in [0.25, 0.3) is 5.69 Å². The van der Waals surface area contributed by atoms with Crippen molar-refractivity contribution < 1.29 is 18.1 Å². The van der Waals surface area contributed by atoms with Crippen LogP contribution in [0.2, 0.25) is 5.02 Å². The highest BCUT2D eigenvalue weighted by atomic mass is 35.5. The molecule has 0 aliphatic heterocycles. The lowest BCUT2D eigenvalue weighted by atomic mass is 10.3. The number of hydrogen-bond donors (Lipinski definition) is 1. The van der Waals surface area contributed by atoms with Crippen LogP contribution < -0.4 is 5.32 Å². The van der Waals surface area contributed by atoms with Gasteiger partial charge in [0.1, 0.15) is 4.21 Å². The van der Waals surface area contributed by atoms with Crippen LogP contribution in [-0.4, -0.2) is 30.0 Å². The molecule has 8 nitrogen and oxygen atoms in total. The highest BCUT2D eigenvalue weighted by Gasteiger charge is 2.22. The summed E-state index contributed by atoms with van der Waals surface area (Å²) in [5.41, 5.74) is -0.206. The number of anilines is 1. The van der Waals surface area contributed by atoms with Gasteiger partial charge in [0, 0.05) is 34.2 Å². The Morgan fingerprint density at radius 1 is 1.17 bits per heavy atom. The molecule has 0 fully saturated rings. The number of non-ortho nitro benzene ring substituents is 1. The molecule has 0 unspecified atom stereocenters. The van der Waals surface area contributed by atoms with Crippen molar-refractivity contribution in [2.24, 2.45) is 0 Å². The summed E-state index contributed by atoms with van der Waals surface area (Å²) < 4.78 is 25.2. The molecule has 0 radical (unpaired) electrons. The maximum atomic E-state index is 12.6. The van der Waals surface area contributed by atoms with Crippen LogP contribution >= 0.6 is 34.7 Å². The second-order valence-electron chi connectivity index (χ2n) is 5.84. The topological polar surface area (TPSA) is 119 Å². The number of halogens is 1. The van der Waals surface area contributed by atoms with Crippen LogP contribution in [0.25, 0.3) is 0 Å². The number of rotatable bonds is 8. The van der Waals surface area contributed by atoms with Crippen molar-refractivity contribution in [3.63, 3.8) is 0 Å². The fourth-order valence-electron chi connectivity index (χ4n) is 2.28. The van der Waals surface area contributed by atoms with Crippen LogP contribution in [0.15, 0.2) is 68.7 Å². The van der Waals surface area contributed by atoms with Crippen LogP contribution in [0.4, 0.5) is 10.8 Å². The SMILES string of the molecule is O=C(CCSc1ccc(Cl)cc1)Nc1ncc(S(=O)(=O)c2ccc([N+](=O)[O-])cc2)s1. The van der Waals surface area contributed by atoms with Gasteiger partial charge in [-0.2, -0.15) is 0 Å². The van der Waals surface area contributed by atoms with Crippen molar-refractivity contribution in [2.45, 2.75) is 20.4 Å². The zero-order valence-corrected chi connectivity index (χ0v) is 18.4. The zero-order valence-electron chi connectivity index (χ0n) is 15.1. The van der Waals surface area contributed by atoms with Crippen LogP contribution in [0.1, 0.15) is 6.42 Å². The van der Waals surface area contributed by atoms with Gasteiger partial charge >= 0.3 is 0 Å². The van der Waals surface area contributed by atoms with Gasteiger partial charge in [-0.25, -0.2) is 13.4 Å². The van der Waals surface area contributed by atoms with Crippen molar-refractivity contribution in [3.8, 4) is 0 Å². The van der Waals surface area contributed by atoms with Crippen LogP contribution in [0.3, 0.4) is 0 Å². The summed E-state index contributed by atoms with van der Waals surface area (Å²) in [5.74, 6) is 0.248. The molecule has 12 heteroatoms. The Morgan fingerprint density at radius 2 is 1.83 bits per heavy atom. The van der Waals surface area contributed by atoms with Crippen molar-refractivity contribution in [1.29, 1.82) is 0 Å². The first-order chi connectivity index (χ1) is 14.3. The van der Waals surface area contributed by atoms with E-state index in [0.717, 1.165) is 34.6 Å². The number of nitro groups is 1. The number of aromatic nitrogens is 1. The zero-order chi connectivity index (χ0) is 21.7. The number of thiazole rings is 1. The number of nitro benzene ring substituents is 1. The molecule has 2 aromatic carbocycles. The number of nitrogens with zero attached hydrogens (tertiary/aromatic N) is 2. The van der Waals surface area contributed by atoms with Gasteiger partial charge < -0.3 is 5.32 Å². The molecular formula is C18H14ClN3O5S3. The summed E-state index contributed by atoms with van der Waals surface area (Å²) in [4.78, 5) is 27.0. The molecule has 0 aliphatic carbocycles. The molecule has 0 atom stereocenters. The third-order valence-electron chi connectivity index (χ3n) is 3.77. The van der Waals surface area contributed by atoms with Gasteiger partial charge in [0.15, 0.2) is 5.13 Å². The molecule has 0 bridgehead atoms. The number of sulfone groups is 1. The van der Waals surface area contributed by atoms with Gasteiger partial charge in [-0.15, -0.1) is 11.8 Å². The predicted molar refractivity (Wildman–Crippen MR) is 116 cm³/mol. The first kappa shape index (κ1) is 22.2. The van der Waals surface area contributed by atoms with E-state index in [-0.39, 0.29) is 32.3 Å². The van der Waals surface area contributed by atoms with Gasteiger partial charge in [-0.3, -0.25) is 14.9 Å². The van der Waals surface area contributed by atoms with E-state index in [1.807, 2.05) is 12.1 Å². The number of amides is 1. The number of nitrogens with one attached hydrogen (secondary N) is 1. The number of carbonyl (C=O) groups is 1. The minimum absolute atomic E-state index is 0.0674. The average Bonchev–Trinajstić information content (AvgIpc) is 3.19. The fourth-order valence-corrected chi connectivity index (χ4v) is 5.71. The van der Waals surface area contributed by atoms with Crippen molar-refractivity contribution in [1.82, 2.24) is 4.98 Å². The lowest BCUT2D eigenvalue weighted by Crippen LogP contribution is -2.11. The molecule has 0 aliphatic rings. The molecular weight excluding hydrogens is 470 g/mol. The Labute approximate surface area is 185 Å². The monoisotopic (exact) mass is 483 g/mol. The lowest BCUT2D eigenvalue weighted by molar-refractivity contribution is -0.384. The summed E-state index contributed by atoms with van der Waals surface area (Å²) in [6.07, 6.45) is 1.37. The van der Waals surface area contributed by atoms with Crippen molar-refractivity contribution in [3.05, 3.63) is 69.9 Å². The Hall–Kier alpha value is -2.47. The lowest BCUT2D eigenvalue weighted by Gasteiger charge is -2.03. The largest absolute Gasteiger partial charge is 0.302 e. The van der Waals surface area contributed by atoms with E-state index >= 15 is 0 Å². The Balaban J connectivity index is 1.58. The molecule has 1 aromatic heterocycles. The summed E-state index contributed by atoms with van der Waals surface area (Å²) >= 11 is 8.15. The number of hydrogen-bond acceptors (Lipinski definition) is 8. The van der Waals surface area contributed by atoms with Crippen LogP contribution in [-0.2, 0) is 14.6 Å². The van der Waals surface area contributed by atoms with Gasteiger partial charge in [0.05, 0.1) is 16.0 Å². The maximum absolute atomic E-state index is 12.6. The highest BCUT2D eigenvalue weighted by molar-refractivity contribution is 7.99. The predicted octanol–water partition coefficient (Wildman–Crippen LogP) is 4.66. The number of thioether (sulfide) groups is 1. The minimum Gasteiger partial charge on any atom is -0.302 e. The molecule has 3 rings (SSSR count). The minimum atomic E-state index is -3.89. The summed E-state index contributed by atoms with van der Waals surface area (Å²) in [6.45, 7) is 0. The standard InChI is InChI=1S/C18H14ClN3O5S3/c19-12-1-5-14(6-2-12)28-10-9-16(23)21-18-20-11-17(29-18)30(26,27)15-7-3-13(4-8-15)22(24)25/h1-8,11H,9-10H2,(H,20,21,23). The maximum Gasteiger partial charge on any atom is 0.269 e. The smallest absolute Gasteiger partial charge is 0.269 e. The van der Waals surface area contributed by atoms with E-state index in [4.69, 9.17) is 11.6 Å². The third-order valence-corrected chi connectivity index (χ3v) is 8.17. The van der Waals surface area contributed by atoms with E-state index in [0.29, 0.717) is 10.8 Å². The first-order valence-electron chi connectivity index (χ1n) is 8.39. The summed E-state index contributed by atoms with van der Waals surface area (Å²) in [6, 6.07) is 11.8. The molecule has 1 heterocycles. The van der Waals surface area contributed by atoms with E-state index < -0.39 is 14.8 Å². The molecule has 156 valence electrons. The summed E-state index contributed by atoms with van der Waals surface area (Å²) in [5, 5.41) is 14.1. The number of benzene rings is 2. The van der Waals surface area contributed by atoms with Crippen molar-refractivity contribution in [2.75, 3.05) is 11.1 Å². The Kier molecular flexibility index (Phi) is 7.08. The van der Waals surface area contributed by atoms with E-state index in [2.05, 4.69) is 10.3 Å². The second-order valence-corrected chi connectivity index (χ2v) is 10.7. The fraction of sp³-hybridized carbons (Fsp3) is 0.111. The molecule has 3 aromatic rings. The van der Waals surface area contributed by atoms with Crippen LogP contribution in [0, 0.1) is 10.1 Å². The number of carbonyl (C=O) groups excluding carboxylic acids is 1. The van der Waals surface area contributed by atoms with E-state index in [1.54, 1.807) is 12.1 Å². The van der Waals surface area contributed by atoms with Crippen LogP contribution in [0.5, 0.6) is 0 Å². The Bertz CT molecular complexity index is 1160. The van der Waals surface area contributed by atoms with Gasteiger partial charge in [-0.1, -0.05) is 22.9 Å². The van der Waals surface area contributed by atoms with E-state index in [9.17, 15) is 23.3 Å². The molecule has 0 spiro atoms. The Morgan fingerprint density at radius 3 is 2.47 bits per heavy atom. The third kappa shape index (κ3) is 5.57. The molecule has 1 N–H and O–H groups in total.